The van der Waals surface area contributed by atoms with Crippen molar-refractivity contribution in [3.05, 3.63) is 48.8 Å². The molecule has 2 saturated carbocycles. The Morgan fingerprint density at radius 3 is 2.53 bits per heavy atom. The average Bonchev–Trinajstić information content (AvgIpc) is 3.44. The van der Waals surface area contributed by atoms with Crippen molar-refractivity contribution in [2.24, 2.45) is 47.2 Å². The Labute approximate surface area is 180 Å². The van der Waals surface area contributed by atoms with E-state index < -0.39 is 0 Å². The van der Waals surface area contributed by atoms with Gasteiger partial charge in [0.25, 0.3) is 5.91 Å². The lowest BCUT2D eigenvalue weighted by Gasteiger charge is -2.35. The molecule has 1 aromatic rings. The third-order valence-corrected chi connectivity index (χ3v) is 8.54. The molecule has 3 heterocycles. The number of piperidine rings is 1. The Morgan fingerprint density at radius 1 is 1.17 bits per heavy atom. The monoisotopic (exact) mass is 406 g/mol. The van der Waals surface area contributed by atoms with E-state index in [2.05, 4.69) is 40.9 Å². The van der Waals surface area contributed by atoms with Crippen molar-refractivity contribution in [1.82, 2.24) is 9.88 Å². The van der Waals surface area contributed by atoms with E-state index in [4.69, 9.17) is 5.73 Å². The first-order valence-corrected chi connectivity index (χ1v) is 11.5. The second-order valence-corrected chi connectivity index (χ2v) is 10.0. The summed E-state index contributed by atoms with van der Waals surface area (Å²) < 4.78 is 0. The van der Waals surface area contributed by atoms with Crippen LogP contribution in [0.1, 0.15) is 36.5 Å². The molecule has 5 heteroatoms. The molecule has 2 N–H and O–H groups in total. The van der Waals surface area contributed by atoms with E-state index in [1.54, 1.807) is 6.20 Å². The molecule has 6 unspecified atom stereocenters. The summed E-state index contributed by atoms with van der Waals surface area (Å²) in [5.41, 5.74) is 7.36. The fourth-order valence-electron chi connectivity index (χ4n) is 6.61. The summed E-state index contributed by atoms with van der Waals surface area (Å²) in [6, 6.07) is 3.95. The molecule has 5 rings (SSSR count). The molecule has 6 atom stereocenters. The number of nitrogens with zero attached hydrogens (tertiary/aromatic N) is 3. The van der Waals surface area contributed by atoms with Crippen LogP contribution >= 0.6 is 0 Å². The van der Waals surface area contributed by atoms with Crippen LogP contribution in [0.4, 0.5) is 5.82 Å². The molecule has 0 aromatic carbocycles. The summed E-state index contributed by atoms with van der Waals surface area (Å²) >= 11 is 0. The number of fused-ring (bicyclic) bond motifs is 2. The molecule has 5 nitrogen and oxygen atoms in total. The zero-order chi connectivity index (χ0) is 21.0. The van der Waals surface area contributed by atoms with Gasteiger partial charge >= 0.3 is 0 Å². The van der Waals surface area contributed by atoms with Crippen LogP contribution in [-0.4, -0.2) is 42.0 Å². The van der Waals surface area contributed by atoms with E-state index >= 15 is 0 Å². The molecule has 160 valence electrons. The van der Waals surface area contributed by atoms with Crippen molar-refractivity contribution in [3.63, 3.8) is 0 Å². The molecule has 0 spiro atoms. The van der Waals surface area contributed by atoms with Gasteiger partial charge in [0.2, 0.25) is 0 Å². The topological polar surface area (TPSA) is 62.5 Å². The summed E-state index contributed by atoms with van der Waals surface area (Å²) in [6.07, 6.45) is 7.32. The fourth-order valence-corrected chi connectivity index (χ4v) is 6.61. The molecular weight excluding hydrogens is 372 g/mol. The molecule has 2 saturated heterocycles. The van der Waals surface area contributed by atoms with Crippen molar-refractivity contribution < 1.29 is 4.79 Å². The molecule has 4 aliphatic rings. The van der Waals surface area contributed by atoms with Gasteiger partial charge in [-0.3, -0.25) is 4.79 Å². The lowest BCUT2D eigenvalue weighted by molar-refractivity contribution is 0.0780. The Balaban J connectivity index is 1.24. The average molecular weight is 407 g/mol. The molecule has 4 fully saturated rings. The van der Waals surface area contributed by atoms with E-state index in [1.807, 2.05) is 12.1 Å². The number of hydrogen-bond donors (Lipinski definition) is 1. The molecule has 0 bridgehead atoms. The minimum absolute atomic E-state index is 0.130. The third kappa shape index (κ3) is 3.23. The van der Waals surface area contributed by atoms with Gasteiger partial charge in [-0.1, -0.05) is 19.6 Å². The van der Waals surface area contributed by atoms with Crippen LogP contribution in [-0.2, 0) is 0 Å². The molecule has 0 radical (unpaired) electrons. The number of allylic oxidation sites excluding steroid dienone is 2. The molecule has 1 aromatic heterocycles. The summed E-state index contributed by atoms with van der Waals surface area (Å²) in [5.74, 6) is 5.66. The van der Waals surface area contributed by atoms with Crippen LogP contribution in [0.25, 0.3) is 0 Å². The van der Waals surface area contributed by atoms with Crippen LogP contribution in [0, 0.1) is 41.4 Å². The van der Waals surface area contributed by atoms with Crippen LogP contribution in [0.15, 0.2) is 43.3 Å². The number of amides is 1. The Morgan fingerprint density at radius 2 is 1.90 bits per heavy atom. The highest BCUT2D eigenvalue weighted by Gasteiger charge is 2.58. The summed E-state index contributed by atoms with van der Waals surface area (Å²) in [4.78, 5) is 22.2. The first kappa shape index (κ1) is 19.7. The number of nitrogens with two attached hydrogens (primary N) is 1. The Hall–Kier alpha value is -2.30. The number of likely N-dealkylation sites (tertiary alicyclic amines) is 1. The van der Waals surface area contributed by atoms with Crippen LogP contribution in [0.2, 0.25) is 0 Å². The lowest BCUT2D eigenvalue weighted by Crippen LogP contribution is -2.35. The minimum atomic E-state index is 0.130. The standard InChI is InChI=1S/C25H34N4O/c1-4-19-21-11-20(21)15(2)22-13-29(14-23(19)22)25(30)18-5-6-24(27-12-18)28-9-7-17(8-10-28)16(3)26/h4-6,12,15,17,19-23H,1,3,7-11,13-14,26H2,2H3. The summed E-state index contributed by atoms with van der Waals surface area (Å²) in [7, 11) is 0. The number of hydrogen-bond acceptors (Lipinski definition) is 4. The van der Waals surface area contributed by atoms with E-state index in [1.165, 1.54) is 6.42 Å². The van der Waals surface area contributed by atoms with Gasteiger partial charge in [0.15, 0.2) is 0 Å². The summed E-state index contributed by atoms with van der Waals surface area (Å²) in [6.45, 7) is 14.0. The fraction of sp³-hybridized carbons (Fsp3) is 0.600. The van der Waals surface area contributed by atoms with E-state index in [0.717, 1.165) is 68.3 Å². The maximum atomic E-state index is 13.2. The molecular formula is C25H34N4O. The zero-order valence-electron chi connectivity index (χ0n) is 18.0. The maximum Gasteiger partial charge on any atom is 0.255 e. The zero-order valence-corrected chi connectivity index (χ0v) is 18.0. The van der Waals surface area contributed by atoms with Gasteiger partial charge in [-0.15, -0.1) is 6.58 Å². The van der Waals surface area contributed by atoms with Crippen LogP contribution in [0.5, 0.6) is 0 Å². The van der Waals surface area contributed by atoms with Crippen molar-refractivity contribution in [2.75, 3.05) is 31.1 Å². The van der Waals surface area contributed by atoms with Crippen molar-refractivity contribution in [1.29, 1.82) is 0 Å². The smallest absolute Gasteiger partial charge is 0.255 e. The predicted molar refractivity (Wildman–Crippen MR) is 120 cm³/mol. The van der Waals surface area contributed by atoms with Gasteiger partial charge in [-0.05, 0) is 66.9 Å². The highest BCUT2D eigenvalue weighted by atomic mass is 16.2. The lowest BCUT2D eigenvalue weighted by atomic mass is 9.69. The van der Waals surface area contributed by atoms with Crippen LogP contribution in [0.3, 0.4) is 0 Å². The second-order valence-electron chi connectivity index (χ2n) is 10.0. The van der Waals surface area contributed by atoms with Gasteiger partial charge in [0.05, 0.1) is 5.56 Å². The first-order chi connectivity index (χ1) is 14.5. The van der Waals surface area contributed by atoms with Crippen molar-refractivity contribution >= 4 is 11.7 Å². The number of aromatic nitrogens is 1. The SMILES string of the molecule is C=CC1C2CC2C(C)C2CN(C(=O)c3ccc(N4CCC(C(=C)N)CC4)nc3)CC12. The maximum absolute atomic E-state index is 13.2. The quantitative estimate of drug-likeness (QED) is 0.777. The predicted octanol–water partition coefficient (Wildman–Crippen LogP) is 3.55. The normalized spacial score (nSPS) is 35.5. The number of rotatable bonds is 4. The first-order valence-electron chi connectivity index (χ1n) is 11.5. The molecule has 2 aliphatic carbocycles. The van der Waals surface area contributed by atoms with Gasteiger partial charge in [0.1, 0.15) is 5.82 Å². The number of carbonyl (C=O) groups is 1. The molecule has 2 aliphatic heterocycles. The van der Waals surface area contributed by atoms with Gasteiger partial charge in [-0.25, -0.2) is 4.98 Å². The summed E-state index contributed by atoms with van der Waals surface area (Å²) in [5, 5.41) is 0. The van der Waals surface area contributed by atoms with Gasteiger partial charge in [0, 0.05) is 44.0 Å². The highest BCUT2D eigenvalue weighted by molar-refractivity contribution is 5.94. The molecule has 1 amide bonds. The van der Waals surface area contributed by atoms with E-state index in [0.29, 0.717) is 29.2 Å². The van der Waals surface area contributed by atoms with Crippen molar-refractivity contribution in [2.45, 2.75) is 26.2 Å². The minimum Gasteiger partial charge on any atom is -0.402 e. The van der Waals surface area contributed by atoms with Gasteiger partial charge < -0.3 is 15.5 Å². The Bertz CT molecular complexity index is 841. The van der Waals surface area contributed by atoms with Crippen molar-refractivity contribution in [3.8, 4) is 0 Å². The molecule has 30 heavy (non-hydrogen) atoms. The third-order valence-electron chi connectivity index (χ3n) is 8.54. The van der Waals surface area contributed by atoms with Crippen LogP contribution < -0.4 is 10.6 Å². The Kier molecular flexibility index (Phi) is 4.87. The largest absolute Gasteiger partial charge is 0.402 e. The van der Waals surface area contributed by atoms with E-state index in [9.17, 15) is 4.79 Å². The van der Waals surface area contributed by atoms with E-state index in [-0.39, 0.29) is 5.91 Å². The number of pyridine rings is 1. The number of anilines is 1. The highest BCUT2D eigenvalue weighted by Crippen LogP contribution is 2.61. The van der Waals surface area contributed by atoms with Gasteiger partial charge in [-0.2, -0.15) is 0 Å². The number of carbonyl (C=O) groups excluding carboxylic acids is 1. The second kappa shape index (κ2) is 7.44.